The number of thioether (sulfide) groups is 1. The molecule has 0 amide bonds. The van der Waals surface area contributed by atoms with Gasteiger partial charge in [-0.1, -0.05) is 24.3 Å². The quantitative estimate of drug-likeness (QED) is 0.537. The average Bonchev–Trinajstić information content (AvgIpc) is 2.67. The van der Waals surface area contributed by atoms with E-state index in [-0.39, 0.29) is 4.75 Å². The second-order valence-corrected chi connectivity index (χ2v) is 8.70. The largest absolute Gasteiger partial charge is 0.381 e. The molecule has 5 nitrogen and oxygen atoms in total. The maximum absolute atomic E-state index is 6.02. The second-order valence-electron chi connectivity index (χ2n) is 7.19. The minimum Gasteiger partial charge on any atom is -0.381 e. The standard InChI is InChI=1S/C20H33N3O2S/c1-20(2,26-4)15-23-19(21-3)22-13-16-6-5-7-17(12-16)14-25-18-8-10-24-11-9-18/h5-7,12,18H,8-11,13-15H2,1-4H3,(H2,21,22,23). The van der Waals surface area contributed by atoms with Gasteiger partial charge in [-0.2, -0.15) is 11.8 Å². The number of nitrogens with one attached hydrogen (secondary N) is 2. The zero-order chi connectivity index (χ0) is 18.8. The summed E-state index contributed by atoms with van der Waals surface area (Å²) in [6.07, 6.45) is 4.45. The van der Waals surface area contributed by atoms with Crippen molar-refractivity contribution in [3.05, 3.63) is 35.4 Å². The van der Waals surface area contributed by atoms with E-state index < -0.39 is 0 Å². The van der Waals surface area contributed by atoms with Crippen LogP contribution in [0.2, 0.25) is 0 Å². The molecule has 1 aliphatic rings. The number of benzene rings is 1. The molecule has 0 atom stereocenters. The topological polar surface area (TPSA) is 54.9 Å². The first-order valence-electron chi connectivity index (χ1n) is 9.29. The second kappa shape index (κ2) is 10.8. The highest BCUT2D eigenvalue weighted by Crippen LogP contribution is 2.19. The smallest absolute Gasteiger partial charge is 0.191 e. The Kier molecular flexibility index (Phi) is 8.75. The Morgan fingerprint density at radius 1 is 1.27 bits per heavy atom. The van der Waals surface area contributed by atoms with Crippen molar-refractivity contribution in [2.45, 2.75) is 50.7 Å². The molecule has 26 heavy (non-hydrogen) atoms. The highest BCUT2D eigenvalue weighted by molar-refractivity contribution is 7.99. The van der Waals surface area contributed by atoms with E-state index in [4.69, 9.17) is 9.47 Å². The first-order valence-corrected chi connectivity index (χ1v) is 10.5. The van der Waals surface area contributed by atoms with Crippen LogP contribution in [0.3, 0.4) is 0 Å². The van der Waals surface area contributed by atoms with Crippen LogP contribution in [0.5, 0.6) is 0 Å². The fraction of sp³-hybridized carbons (Fsp3) is 0.650. The highest BCUT2D eigenvalue weighted by atomic mass is 32.2. The van der Waals surface area contributed by atoms with Gasteiger partial charge in [0.2, 0.25) is 0 Å². The molecule has 2 N–H and O–H groups in total. The SMILES string of the molecule is CN=C(NCc1cccc(COC2CCOCC2)c1)NCC(C)(C)SC. The minimum atomic E-state index is 0.180. The van der Waals surface area contributed by atoms with Crippen molar-refractivity contribution in [2.75, 3.05) is 33.1 Å². The van der Waals surface area contributed by atoms with Gasteiger partial charge in [0, 0.05) is 38.1 Å². The molecule has 6 heteroatoms. The molecule has 0 aromatic heterocycles. The lowest BCUT2D eigenvalue weighted by Gasteiger charge is -2.24. The molecule has 0 saturated carbocycles. The van der Waals surface area contributed by atoms with Gasteiger partial charge >= 0.3 is 0 Å². The van der Waals surface area contributed by atoms with Crippen LogP contribution in [0.15, 0.2) is 29.3 Å². The van der Waals surface area contributed by atoms with Gasteiger partial charge in [0.15, 0.2) is 5.96 Å². The fourth-order valence-corrected chi connectivity index (χ4v) is 2.88. The van der Waals surface area contributed by atoms with Crippen LogP contribution in [0.4, 0.5) is 0 Å². The van der Waals surface area contributed by atoms with E-state index in [9.17, 15) is 0 Å². The molecule has 0 spiro atoms. The van der Waals surface area contributed by atoms with Crippen LogP contribution < -0.4 is 10.6 Å². The van der Waals surface area contributed by atoms with Crippen molar-refractivity contribution in [3.63, 3.8) is 0 Å². The summed E-state index contributed by atoms with van der Waals surface area (Å²) in [6, 6.07) is 8.54. The molecular formula is C20H33N3O2S. The average molecular weight is 380 g/mol. The zero-order valence-corrected chi connectivity index (χ0v) is 17.3. The molecule has 0 bridgehead atoms. The van der Waals surface area contributed by atoms with Gasteiger partial charge in [0.25, 0.3) is 0 Å². The molecule has 0 radical (unpaired) electrons. The van der Waals surface area contributed by atoms with Crippen LogP contribution in [0.25, 0.3) is 0 Å². The number of ether oxygens (including phenoxy) is 2. The van der Waals surface area contributed by atoms with E-state index >= 15 is 0 Å². The molecule has 0 aliphatic carbocycles. The summed E-state index contributed by atoms with van der Waals surface area (Å²) in [5, 5.41) is 6.78. The number of hydrogen-bond acceptors (Lipinski definition) is 4. The van der Waals surface area contributed by atoms with E-state index in [2.05, 4.69) is 60.0 Å². The van der Waals surface area contributed by atoms with Crippen molar-refractivity contribution < 1.29 is 9.47 Å². The number of guanidine groups is 1. The normalized spacial score (nSPS) is 16.5. The summed E-state index contributed by atoms with van der Waals surface area (Å²) in [7, 11) is 1.81. The summed E-state index contributed by atoms with van der Waals surface area (Å²) in [6.45, 7) is 8.34. The third kappa shape index (κ3) is 7.56. The van der Waals surface area contributed by atoms with Gasteiger partial charge < -0.3 is 20.1 Å². The predicted molar refractivity (Wildman–Crippen MR) is 111 cm³/mol. The summed E-state index contributed by atoms with van der Waals surface area (Å²) in [5.74, 6) is 0.830. The molecule has 1 saturated heterocycles. The number of rotatable bonds is 8. The predicted octanol–water partition coefficient (Wildman–Crippen LogP) is 3.19. The van der Waals surface area contributed by atoms with Crippen LogP contribution in [0.1, 0.15) is 37.8 Å². The van der Waals surface area contributed by atoms with E-state index in [1.165, 1.54) is 11.1 Å². The fourth-order valence-electron chi connectivity index (χ4n) is 2.66. The minimum absolute atomic E-state index is 0.180. The van der Waals surface area contributed by atoms with Gasteiger partial charge in [-0.3, -0.25) is 4.99 Å². The summed E-state index contributed by atoms with van der Waals surface area (Å²) in [5.41, 5.74) is 2.44. The molecule has 1 aliphatic heterocycles. The van der Waals surface area contributed by atoms with Gasteiger partial charge in [0.1, 0.15) is 0 Å². The molecule has 146 valence electrons. The van der Waals surface area contributed by atoms with Gasteiger partial charge in [-0.25, -0.2) is 0 Å². The van der Waals surface area contributed by atoms with Crippen molar-refractivity contribution in [2.24, 2.45) is 4.99 Å². The van der Waals surface area contributed by atoms with Crippen LogP contribution >= 0.6 is 11.8 Å². The molecule has 1 aromatic rings. The number of hydrogen-bond donors (Lipinski definition) is 2. The maximum atomic E-state index is 6.02. The maximum Gasteiger partial charge on any atom is 0.191 e. The number of aliphatic imine (C=N–C) groups is 1. The molecule has 2 rings (SSSR count). The number of nitrogens with zero attached hydrogens (tertiary/aromatic N) is 1. The molecule has 1 aromatic carbocycles. The summed E-state index contributed by atoms with van der Waals surface area (Å²) >= 11 is 1.85. The lowest BCUT2D eigenvalue weighted by atomic mass is 10.1. The van der Waals surface area contributed by atoms with E-state index in [1.54, 1.807) is 7.05 Å². The van der Waals surface area contributed by atoms with E-state index in [0.717, 1.165) is 45.1 Å². The molecule has 1 fully saturated rings. The van der Waals surface area contributed by atoms with Crippen LogP contribution in [-0.4, -0.2) is 49.9 Å². The van der Waals surface area contributed by atoms with Crippen molar-refractivity contribution in [1.29, 1.82) is 0 Å². The van der Waals surface area contributed by atoms with Gasteiger partial charge in [0.05, 0.1) is 12.7 Å². The third-order valence-electron chi connectivity index (χ3n) is 4.56. The first-order chi connectivity index (χ1) is 12.5. The Hall–Kier alpha value is -1.24. The Morgan fingerprint density at radius 3 is 2.69 bits per heavy atom. The summed E-state index contributed by atoms with van der Waals surface area (Å²) in [4.78, 5) is 4.31. The molecule has 0 unspecified atom stereocenters. The monoisotopic (exact) mass is 379 g/mol. The van der Waals surface area contributed by atoms with Crippen molar-refractivity contribution in [3.8, 4) is 0 Å². The first kappa shape index (κ1) is 21.1. The van der Waals surface area contributed by atoms with Gasteiger partial charge in [-0.15, -0.1) is 0 Å². The van der Waals surface area contributed by atoms with Crippen LogP contribution in [0, 0.1) is 0 Å². The molecular weight excluding hydrogens is 346 g/mol. The Balaban J connectivity index is 1.79. The highest BCUT2D eigenvalue weighted by Gasteiger charge is 2.16. The Labute approximate surface area is 162 Å². The third-order valence-corrected chi connectivity index (χ3v) is 5.81. The van der Waals surface area contributed by atoms with Gasteiger partial charge in [-0.05, 0) is 44.1 Å². The van der Waals surface area contributed by atoms with Crippen LogP contribution in [-0.2, 0) is 22.6 Å². The lowest BCUT2D eigenvalue weighted by molar-refractivity contribution is -0.0390. The van der Waals surface area contributed by atoms with E-state index in [1.807, 2.05) is 11.8 Å². The summed E-state index contributed by atoms with van der Waals surface area (Å²) < 4.78 is 11.6. The molecule has 1 heterocycles. The Bertz CT molecular complexity index is 572. The van der Waals surface area contributed by atoms with Crippen molar-refractivity contribution >= 4 is 17.7 Å². The zero-order valence-electron chi connectivity index (χ0n) is 16.5. The lowest BCUT2D eigenvalue weighted by Crippen LogP contribution is -2.42. The van der Waals surface area contributed by atoms with Crippen molar-refractivity contribution in [1.82, 2.24) is 10.6 Å². The van der Waals surface area contributed by atoms with E-state index in [0.29, 0.717) is 12.7 Å². The Morgan fingerprint density at radius 2 is 2.00 bits per heavy atom.